The summed E-state index contributed by atoms with van der Waals surface area (Å²) in [5.41, 5.74) is 0. The van der Waals surface area contributed by atoms with Crippen LogP contribution < -0.4 is 0 Å². The Kier molecular flexibility index (Phi) is 11.0. The van der Waals surface area contributed by atoms with Gasteiger partial charge in [0.25, 0.3) is 0 Å². The Hall–Kier alpha value is 0.110. The number of phosphoric ester groups is 1. The van der Waals surface area contributed by atoms with Crippen molar-refractivity contribution >= 4 is 7.82 Å². The summed E-state index contributed by atoms with van der Waals surface area (Å²) < 4.78 is 15.3. The van der Waals surface area contributed by atoms with Gasteiger partial charge in [-0.3, -0.25) is 4.52 Å². The van der Waals surface area contributed by atoms with E-state index in [2.05, 4.69) is 18.4 Å². The van der Waals surface area contributed by atoms with Crippen molar-refractivity contribution in [3.8, 4) is 0 Å². The first-order valence-corrected chi connectivity index (χ1v) is 8.72. The molecule has 0 rings (SSSR count). The SMILES string of the molecule is CCCCCCCCC(CCC)COP(=O)(O)O. The van der Waals surface area contributed by atoms with E-state index in [1.165, 1.54) is 32.1 Å². The molecule has 0 aromatic heterocycles. The van der Waals surface area contributed by atoms with Crippen LogP contribution in [0.1, 0.15) is 71.6 Å². The predicted molar refractivity (Wildman–Crippen MR) is 74.4 cm³/mol. The molecule has 18 heavy (non-hydrogen) atoms. The lowest BCUT2D eigenvalue weighted by Gasteiger charge is -2.16. The van der Waals surface area contributed by atoms with E-state index in [0.29, 0.717) is 0 Å². The van der Waals surface area contributed by atoms with Crippen molar-refractivity contribution in [3.63, 3.8) is 0 Å². The summed E-state index contributed by atoms with van der Waals surface area (Å²) in [5, 5.41) is 0. The minimum absolute atomic E-state index is 0.188. The number of hydrogen-bond donors (Lipinski definition) is 2. The van der Waals surface area contributed by atoms with Gasteiger partial charge in [-0.2, -0.15) is 0 Å². The quantitative estimate of drug-likeness (QED) is 0.414. The minimum atomic E-state index is -4.30. The monoisotopic (exact) mass is 280 g/mol. The number of hydrogen-bond acceptors (Lipinski definition) is 2. The van der Waals surface area contributed by atoms with Gasteiger partial charge in [-0.05, 0) is 18.8 Å². The van der Waals surface area contributed by atoms with Gasteiger partial charge in [0, 0.05) is 0 Å². The number of rotatable bonds is 12. The summed E-state index contributed by atoms with van der Waals surface area (Å²) in [5.74, 6) is 0.286. The first-order valence-electron chi connectivity index (χ1n) is 7.19. The Morgan fingerprint density at radius 1 is 0.944 bits per heavy atom. The summed E-state index contributed by atoms with van der Waals surface area (Å²) in [6.45, 7) is 4.48. The molecule has 0 aromatic rings. The molecule has 0 aliphatic rings. The van der Waals surface area contributed by atoms with Crippen LogP contribution in [0, 0.1) is 5.92 Å². The van der Waals surface area contributed by atoms with Crippen LogP contribution in [0.25, 0.3) is 0 Å². The van der Waals surface area contributed by atoms with E-state index in [1.54, 1.807) is 0 Å². The van der Waals surface area contributed by atoms with E-state index in [9.17, 15) is 4.57 Å². The van der Waals surface area contributed by atoms with Crippen LogP contribution in [0.3, 0.4) is 0 Å². The highest BCUT2D eigenvalue weighted by molar-refractivity contribution is 7.46. The Morgan fingerprint density at radius 2 is 1.56 bits per heavy atom. The highest BCUT2D eigenvalue weighted by Crippen LogP contribution is 2.37. The van der Waals surface area contributed by atoms with Gasteiger partial charge < -0.3 is 9.79 Å². The smallest absolute Gasteiger partial charge is 0.303 e. The molecule has 4 nitrogen and oxygen atoms in total. The van der Waals surface area contributed by atoms with Gasteiger partial charge in [0.05, 0.1) is 6.61 Å². The molecule has 0 aliphatic heterocycles. The molecule has 1 atom stereocenters. The molecule has 2 N–H and O–H groups in total. The minimum Gasteiger partial charge on any atom is -0.303 e. The molecule has 0 spiro atoms. The van der Waals surface area contributed by atoms with Gasteiger partial charge in [0.1, 0.15) is 0 Å². The maximum absolute atomic E-state index is 10.7. The zero-order valence-corrected chi connectivity index (χ0v) is 12.7. The molecule has 0 aliphatic carbocycles. The summed E-state index contributed by atoms with van der Waals surface area (Å²) in [7, 11) is -4.30. The Labute approximate surface area is 111 Å². The van der Waals surface area contributed by atoms with E-state index in [4.69, 9.17) is 9.79 Å². The van der Waals surface area contributed by atoms with Crippen LogP contribution in [-0.4, -0.2) is 16.4 Å². The number of unbranched alkanes of at least 4 members (excludes halogenated alkanes) is 5. The molecule has 0 amide bonds. The van der Waals surface area contributed by atoms with E-state index < -0.39 is 7.82 Å². The van der Waals surface area contributed by atoms with E-state index in [-0.39, 0.29) is 12.5 Å². The maximum atomic E-state index is 10.7. The summed E-state index contributed by atoms with van der Waals surface area (Å²) in [4.78, 5) is 17.4. The molecule has 0 radical (unpaired) electrons. The zero-order valence-electron chi connectivity index (χ0n) is 11.8. The third kappa shape index (κ3) is 12.6. The average Bonchev–Trinajstić information content (AvgIpc) is 2.29. The van der Waals surface area contributed by atoms with Gasteiger partial charge in [-0.25, -0.2) is 4.57 Å². The summed E-state index contributed by atoms with van der Waals surface area (Å²) >= 11 is 0. The highest BCUT2D eigenvalue weighted by Gasteiger charge is 2.17. The third-order valence-electron chi connectivity index (χ3n) is 3.14. The molecule has 0 saturated heterocycles. The van der Waals surface area contributed by atoms with Crippen molar-refractivity contribution in [1.29, 1.82) is 0 Å². The Balaban J connectivity index is 3.66. The van der Waals surface area contributed by atoms with Gasteiger partial charge in [0.2, 0.25) is 0 Å². The molecule has 0 aromatic carbocycles. The Morgan fingerprint density at radius 3 is 2.11 bits per heavy atom. The lowest BCUT2D eigenvalue weighted by molar-refractivity contribution is 0.158. The van der Waals surface area contributed by atoms with Gasteiger partial charge >= 0.3 is 7.82 Å². The average molecular weight is 280 g/mol. The van der Waals surface area contributed by atoms with Gasteiger partial charge in [-0.1, -0.05) is 58.8 Å². The first-order chi connectivity index (χ1) is 8.49. The zero-order chi connectivity index (χ0) is 13.9. The topological polar surface area (TPSA) is 66.8 Å². The van der Waals surface area contributed by atoms with Crippen LogP contribution in [0.15, 0.2) is 0 Å². The first kappa shape index (κ1) is 18.1. The second kappa shape index (κ2) is 11.0. The highest BCUT2D eigenvalue weighted by atomic mass is 31.2. The van der Waals surface area contributed by atoms with Crippen molar-refractivity contribution in [1.82, 2.24) is 0 Å². The van der Waals surface area contributed by atoms with Crippen LogP contribution in [0.4, 0.5) is 0 Å². The van der Waals surface area contributed by atoms with Crippen molar-refractivity contribution < 1.29 is 18.9 Å². The number of phosphoric acid groups is 1. The molecular formula is C13H29O4P. The van der Waals surface area contributed by atoms with Crippen LogP contribution in [0.2, 0.25) is 0 Å². The lowest BCUT2D eigenvalue weighted by atomic mass is 9.97. The molecule has 0 bridgehead atoms. The van der Waals surface area contributed by atoms with E-state index >= 15 is 0 Å². The molecule has 5 heteroatoms. The second-order valence-corrected chi connectivity index (χ2v) is 6.24. The summed E-state index contributed by atoms with van der Waals surface area (Å²) in [6.07, 6.45) is 10.5. The molecular weight excluding hydrogens is 251 g/mol. The molecule has 0 saturated carbocycles. The van der Waals surface area contributed by atoms with Crippen molar-refractivity contribution in [2.45, 2.75) is 71.6 Å². The molecule has 110 valence electrons. The predicted octanol–water partition coefficient (Wildman–Crippen LogP) is 4.26. The normalized spacial score (nSPS) is 13.8. The Bertz CT molecular complexity index is 227. The summed E-state index contributed by atoms with van der Waals surface area (Å²) in [6, 6.07) is 0. The molecule has 1 unspecified atom stereocenters. The standard InChI is InChI=1S/C13H29O4P/c1-3-5-6-7-8-9-11-13(10-4-2)12-17-18(14,15)16/h13H,3-12H2,1-2H3,(H2,14,15,16). The van der Waals surface area contributed by atoms with Gasteiger partial charge in [0.15, 0.2) is 0 Å². The van der Waals surface area contributed by atoms with Crippen LogP contribution >= 0.6 is 7.82 Å². The van der Waals surface area contributed by atoms with Gasteiger partial charge in [-0.15, -0.1) is 0 Å². The largest absolute Gasteiger partial charge is 0.469 e. The lowest BCUT2D eigenvalue weighted by Crippen LogP contribution is -2.08. The van der Waals surface area contributed by atoms with Crippen molar-refractivity contribution in [2.24, 2.45) is 5.92 Å². The molecule has 0 fully saturated rings. The maximum Gasteiger partial charge on any atom is 0.469 e. The fraction of sp³-hybridized carbons (Fsp3) is 1.00. The fourth-order valence-corrected chi connectivity index (χ4v) is 2.54. The third-order valence-corrected chi connectivity index (χ3v) is 3.63. The second-order valence-electron chi connectivity index (χ2n) is 5.00. The molecule has 0 heterocycles. The van der Waals surface area contributed by atoms with Crippen molar-refractivity contribution in [2.75, 3.05) is 6.61 Å². The fourth-order valence-electron chi connectivity index (χ4n) is 2.14. The van der Waals surface area contributed by atoms with E-state index in [0.717, 1.165) is 25.7 Å². The van der Waals surface area contributed by atoms with Crippen molar-refractivity contribution in [3.05, 3.63) is 0 Å². The van der Waals surface area contributed by atoms with Crippen LogP contribution in [-0.2, 0) is 9.09 Å². The van der Waals surface area contributed by atoms with Crippen LogP contribution in [0.5, 0.6) is 0 Å². The van der Waals surface area contributed by atoms with E-state index in [1.807, 2.05) is 0 Å².